The highest BCUT2D eigenvalue weighted by Gasteiger charge is 2.15. The molecule has 0 aliphatic carbocycles. The number of hydrogen-bond donors (Lipinski definition) is 1. The SMILES string of the molecule is COC(=O)c1ccoc1CO/N=C(\N)c1cncc(F)c1. The van der Waals surface area contributed by atoms with Crippen molar-refractivity contribution in [2.45, 2.75) is 6.61 Å². The number of oxime groups is 1. The van der Waals surface area contributed by atoms with Crippen molar-refractivity contribution in [1.29, 1.82) is 0 Å². The molecule has 0 bridgehead atoms. The Morgan fingerprint density at radius 3 is 3.05 bits per heavy atom. The van der Waals surface area contributed by atoms with Crippen LogP contribution in [0, 0.1) is 5.82 Å². The number of furan rings is 1. The van der Waals surface area contributed by atoms with E-state index in [2.05, 4.69) is 14.9 Å². The molecule has 2 rings (SSSR count). The molecular formula is C13H12FN3O4. The monoisotopic (exact) mass is 293 g/mol. The van der Waals surface area contributed by atoms with Gasteiger partial charge >= 0.3 is 5.97 Å². The second-order valence-corrected chi connectivity index (χ2v) is 3.89. The number of aromatic nitrogens is 1. The summed E-state index contributed by atoms with van der Waals surface area (Å²) in [6, 6.07) is 2.62. The van der Waals surface area contributed by atoms with E-state index in [1.165, 1.54) is 31.7 Å². The number of hydrogen-bond acceptors (Lipinski definition) is 6. The van der Waals surface area contributed by atoms with Gasteiger partial charge in [0.25, 0.3) is 0 Å². The third-order valence-electron chi connectivity index (χ3n) is 2.51. The van der Waals surface area contributed by atoms with Crippen molar-refractivity contribution in [3.8, 4) is 0 Å². The van der Waals surface area contributed by atoms with Gasteiger partial charge in [-0.3, -0.25) is 4.98 Å². The zero-order chi connectivity index (χ0) is 15.2. The Hall–Kier alpha value is -2.90. The normalized spacial score (nSPS) is 11.2. The summed E-state index contributed by atoms with van der Waals surface area (Å²) in [5.41, 5.74) is 6.14. The number of carbonyl (C=O) groups is 1. The third-order valence-corrected chi connectivity index (χ3v) is 2.51. The number of rotatable bonds is 5. The largest absolute Gasteiger partial charge is 0.465 e. The van der Waals surface area contributed by atoms with Crippen LogP contribution in [-0.2, 0) is 16.2 Å². The molecule has 21 heavy (non-hydrogen) atoms. The lowest BCUT2D eigenvalue weighted by atomic mass is 10.2. The van der Waals surface area contributed by atoms with Gasteiger partial charge in [0.15, 0.2) is 18.2 Å². The van der Waals surface area contributed by atoms with Crippen LogP contribution >= 0.6 is 0 Å². The quantitative estimate of drug-likeness (QED) is 0.387. The van der Waals surface area contributed by atoms with Gasteiger partial charge in [0, 0.05) is 11.8 Å². The van der Waals surface area contributed by atoms with E-state index in [9.17, 15) is 9.18 Å². The first-order chi connectivity index (χ1) is 10.1. The molecule has 2 heterocycles. The lowest BCUT2D eigenvalue weighted by molar-refractivity contribution is 0.0587. The van der Waals surface area contributed by atoms with Crippen LogP contribution in [-0.4, -0.2) is 23.9 Å². The Labute approximate surface area is 119 Å². The second-order valence-electron chi connectivity index (χ2n) is 3.89. The zero-order valence-corrected chi connectivity index (χ0v) is 11.1. The molecule has 0 saturated carbocycles. The summed E-state index contributed by atoms with van der Waals surface area (Å²) in [4.78, 5) is 20.0. The van der Waals surface area contributed by atoms with Crippen LogP contribution in [0.1, 0.15) is 21.7 Å². The van der Waals surface area contributed by atoms with Crippen molar-refractivity contribution in [1.82, 2.24) is 4.98 Å². The van der Waals surface area contributed by atoms with E-state index in [4.69, 9.17) is 15.0 Å². The van der Waals surface area contributed by atoms with Gasteiger partial charge in [-0.05, 0) is 12.1 Å². The van der Waals surface area contributed by atoms with E-state index in [0.29, 0.717) is 0 Å². The van der Waals surface area contributed by atoms with Gasteiger partial charge in [-0.2, -0.15) is 0 Å². The highest BCUT2D eigenvalue weighted by molar-refractivity contribution is 5.96. The van der Waals surface area contributed by atoms with Crippen LogP contribution in [0.3, 0.4) is 0 Å². The molecule has 0 radical (unpaired) electrons. The predicted molar refractivity (Wildman–Crippen MR) is 69.8 cm³/mol. The molecule has 0 atom stereocenters. The molecule has 2 N–H and O–H groups in total. The average molecular weight is 293 g/mol. The summed E-state index contributed by atoms with van der Waals surface area (Å²) >= 11 is 0. The molecule has 0 aromatic carbocycles. The predicted octanol–water partition coefficient (Wildman–Crippen LogP) is 1.44. The first-order valence-electron chi connectivity index (χ1n) is 5.83. The Balaban J connectivity index is 2.02. The van der Waals surface area contributed by atoms with Crippen LogP contribution in [0.2, 0.25) is 0 Å². The van der Waals surface area contributed by atoms with Gasteiger partial charge < -0.3 is 19.7 Å². The summed E-state index contributed by atoms with van der Waals surface area (Å²) in [6.45, 7) is -0.124. The van der Waals surface area contributed by atoms with E-state index in [-0.39, 0.29) is 29.3 Å². The molecule has 0 fully saturated rings. The maximum absolute atomic E-state index is 13.0. The maximum Gasteiger partial charge on any atom is 0.341 e. The molecule has 0 aliphatic rings. The smallest absolute Gasteiger partial charge is 0.341 e. The fraction of sp³-hybridized carbons (Fsp3) is 0.154. The minimum atomic E-state index is -0.548. The molecule has 0 amide bonds. The fourth-order valence-corrected chi connectivity index (χ4v) is 1.51. The van der Waals surface area contributed by atoms with Gasteiger partial charge in [0.1, 0.15) is 11.4 Å². The summed E-state index contributed by atoms with van der Waals surface area (Å²) in [5, 5.41) is 3.61. The number of ether oxygens (including phenoxy) is 1. The second kappa shape index (κ2) is 6.51. The van der Waals surface area contributed by atoms with Gasteiger partial charge in [-0.1, -0.05) is 5.16 Å². The lowest BCUT2D eigenvalue weighted by Crippen LogP contribution is -2.14. The lowest BCUT2D eigenvalue weighted by Gasteiger charge is -2.02. The molecule has 7 nitrogen and oxygen atoms in total. The number of nitrogens with zero attached hydrogens (tertiary/aromatic N) is 2. The fourth-order valence-electron chi connectivity index (χ4n) is 1.51. The van der Waals surface area contributed by atoms with Gasteiger partial charge in [0.05, 0.1) is 19.6 Å². The summed E-state index contributed by atoms with van der Waals surface area (Å²) < 4.78 is 22.6. The zero-order valence-electron chi connectivity index (χ0n) is 11.1. The van der Waals surface area contributed by atoms with Crippen LogP contribution in [0.4, 0.5) is 4.39 Å². The van der Waals surface area contributed by atoms with Crippen LogP contribution in [0.25, 0.3) is 0 Å². The summed E-state index contributed by atoms with van der Waals surface area (Å²) in [7, 11) is 1.26. The summed E-state index contributed by atoms with van der Waals surface area (Å²) in [6.07, 6.45) is 3.72. The van der Waals surface area contributed by atoms with Gasteiger partial charge in [-0.25, -0.2) is 9.18 Å². The van der Waals surface area contributed by atoms with Crippen molar-refractivity contribution < 1.29 is 23.2 Å². The number of carbonyl (C=O) groups excluding carboxylic acids is 1. The Kier molecular flexibility index (Phi) is 4.50. The number of methoxy groups -OCH3 is 1. The Bertz CT molecular complexity index is 669. The minimum absolute atomic E-state index is 0.0480. The molecule has 110 valence electrons. The van der Waals surface area contributed by atoms with Crippen LogP contribution in [0.15, 0.2) is 40.4 Å². The Morgan fingerprint density at radius 2 is 2.33 bits per heavy atom. The van der Waals surface area contributed by atoms with Crippen molar-refractivity contribution in [2.24, 2.45) is 10.9 Å². The first kappa shape index (κ1) is 14.5. The highest BCUT2D eigenvalue weighted by atomic mass is 19.1. The molecule has 2 aromatic heterocycles. The number of nitrogens with two attached hydrogens (primary N) is 1. The minimum Gasteiger partial charge on any atom is -0.465 e. The Morgan fingerprint density at radius 1 is 1.52 bits per heavy atom. The highest BCUT2D eigenvalue weighted by Crippen LogP contribution is 2.13. The van der Waals surface area contributed by atoms with Gasteiger partial charge in [-0.15, -0.1) is 0 Å². The maximum atomic E-state index is 13.0. The van der Waals surface area contributed by atoms with Crippen LogP contribution < -0.4 is 5.73 Å². The molecule has 0 aliphatic heterocycles. The molecule has 2 aromatic rings. The van der Waals surface area contributed by atoms with E-state index >= 15 is 0 Å². The van der Waals surface area contributed by atoms with Crippen LogP contribution in [0.5, 0.6) is 0 Å². The molecule has 8 heteroatoms. The standard InChI is InChI=1S/C13H12FN3O4/c1-19-13(18)10-2-3-20-11(10)7-21-17-12(15)8-4-9(14)6-16-5-8/h2-6H,7H2,1H3,(H2,15,17). The topological polar surface area (TPSA) is 99.9 Å². The average Bonchev–Trinajstić information content (AvgIpc) is 2.94. The van der Waals surface area contributed by atoms with E-state index < -0.39 is 11.8 Å². The number of esters is 1. The molecule has 0 spiro atoms. The number of halogens is 1. The van der Waals surface area contributed by atoms with E-state index in [1.54, 1.807) is 0 Å². The molecule has 0 unspecified atom stereocenters. The van der Waals surface area contributed by atoms with E-state index in [0.717, 1.165) is 6.20 Å². The van der Waals surface area contributed by atoms with E-state index in [1.807, 2.05) is 0 Å². The number of pyridine rings is 1. The summed E-state index contributed by atoms with van der Waals surface area (Å²) in [5.74, 6) is -0.887. The molecular weight excluding hydrogens is 281 g/mol. The third kappa shape index (κ3) is 3.56. The molecule has 0 saturated heterocycles. The van der Waals surface area contributed by atoms with Gasteiger partial charge in [0.2, 0.25) is 0 Å². The number of amidine groups is 1. The first-order valence-corrected chi connectivity index (χ1v) is 5.83. The van der Waals surface area contributed by atoms with Crippen molar-refractivity contribution in [3.05, 3.63) is 53.5 Å². The van der Waals surface area contributed by atoms with Crippen molar-refractivity contribution in [2.75, 3.05) is 7.11 Å². The van der Waals surface area contributed by atoms with Crippen molar-refractivity contribution in [3.63, 3.8) is 0 Å². The van der Waals surface area contributed by atoms with Crippen molar-refractivity contribution >= 4 is 11.8 Å².